The Kier molecular flexibility index (Phi) is 2.19. The summed E-state index contributed by atoms with van der Waals surface area (Å²) in [6.45, 7) is 0. The van der Waals surface area contributed by atoms with Crippen LogP contribution in [0, 0.1) is 11.6 Å². The smallest absolute Gasteiger partial charge is 0.290 e. The van der Waals surface area contributed by atoms with E-state index in [0.717, 1.165) is 6.07 Å². The molecule has 82 valence electrons. The first-order chi connectivity index (χ1) is 7.49. The van der Waals surface area contributed by atoms with Gasteiger partial charge < -0.3 is 10.1 Å². The lowest BCUT2D eigenvalue weighted by Gasteiger charge is -1.94. The number of H-pyrrole nitrogens is 1. The van der Waals surface area contributed by atoms with Gasteiger partial charge in [-0.3, -0.25) is 9.59 Å². The van der Waals surface area contributed by atoms with Crippen LogP contribution in [0.25, 0.3) is 10.9 Å². The number of aromatic nitrogens is 1. The average Bonchev–Trinajstić information content (AvgIpc) is 2.24. The summed E-state index contributed by atoms with van der Waals surface area (Å²) in [6.07, 6.45) is 0. The second-order valence-corrected chi connectivity index (χ2v) is 3.16. The van der Waals surface area contributed by atoms with Crippen LogP contribution in [0.15, 0.2) is 27.8 Å². The average molecular weight is 225 g/mol. The number of nitrogens with one attached hydrogen (secondary N) is 1. The Bertz CT molecular complexity index is 694. The minimum atomic E-state index is -1.09. The predicted octanol–water partition coefficient (Wildman–Crippen LogP) is 0.872. The van der Waals surface area contributed by atoms with E-state index >= 15 is 0 Å². The molecule has 6 heteroatoms. The lowest BCUT2D eigenvalue weighted by molar-refractivity contribution is 0.468. The van der Waals surface area contributed by atoms with E-state index in [1.54, 1.807) is 0 Å². The molecule has 2 rings (SSSR count). The van der Waals surface area contributed by atoms with Crippen molar-refractivity contribution in [2.24, 2.45) is 0 Å². The van der Waals surface area contributed by atoms with Gasteiger partial charge in [0.2, 0.25) is 0 Å². The van der Waals surface area contributed by atoms with Crippen molar-refractivity contribution in [3.63, 3.8) is 0 Å². The minimum absolute atomic E-state index is 0.298. The molecule has 0 spiro atoms. The van der Waals surface area contributed by atoms with Crippen LogP contribution in [-0.4, -0.2) is 10.1 Å². The van der Waals surface area contributed by atoms with Crippen LogP contribution in [0.5, 0.6) is 5.75 Å². The second-order valence-electron chi connectivity index (χ2n) is 3.16. The standard InChI is InChI=1S/C10H5F2NO3/c11-4-1-5(12)9-6(2-4)13-10(16)8(15)3-7(9)14/h1-3,15H,(H,13,16). The molecule has 2 N–H and O–H groups in total. The molecule has 2 aromatic rings. The molecule has 0 unspecified atom stereocenters. The van der Waals surface area contributed by atoms with Crippen molar-refractivity contribution in [3.05, 3.63) is 50.4 Å². The van der Waals surface area contributed by atoms with Crippen molar-refractivity contribution in [2.75, 3.05) is 0 Å². The van der Waals surface area contributed by atoms with E-state index < -0.39 is 33.8 Å². The van der Waals surface area contributed by atoms with E-state index in [4.69, 9.17) is 5.11 Å². The largest absolute Gasteiger partial charge is 0.503 e. The lowest BCUT2D eigenvalue weighted by atomic mass is 10.2. The topological polar surface area (TPSA) is 70.2 Å². The van der Waals surface area contributed by atoms with Crippen molar-refractivity contribution < 1.29 is 13.9 Å². The summed E-state index contributed by atoms with van der Waals surface area (Å²) < 4.78 is 26.2. The molecule has 0 aliphatic carbocycles. The highest BCUT2D eigenvalue weighted by Gasteiger charge is 2.09. The summed E-state index contributed by atoms with van der Waals surface area (Å²) in [6, 6.07) is 1.92. The fraction of sp³-hybridized carbons (Fsp3) is 0. The van der Waals surface area contributed by atoms with Gasteiger partial charge in [-0.2, -0.15) is 0 Å². The Morgan fingerprint density at radius 1 is 1.12 bits per heavy atom. The maximum atomic E-state index is 13.3. The summed E-state index contributed by atoms with van der Waals surface area (Å²) in [5.74, 6) is -2.86. The van der Waals surface area contributed by atoms with Crippen LogP contribution in [0.1, 0.15) is 0 Å². The molecule has 0 saturated carbocycles. The Labute approximate surface area is 86.8 Å². The summed E-state index contributed by atoms with van der Waals surface area (Å²) in [5.41, 5.74) is -2.19. The molecular formula is C10H5F2NO3. The molecular weight excluding hydrogens is 220 g/mol. The third-order valence-corrected chi connectivity index (χ3v) is 2.05. The van der Waals surface area contributed by atoms with Crippen LogP contribution < -0.4 is 11.0 Å². The number of aromatic hydroxyl groups is 1. The number of rotatable bonds is 0. The van der Waals surface area contributed by atoms with Gasteiger partial charge in [0.1, 0.15) is 11.6 Å². The highest BCUT2D eigenvalue weighted by molar-refractivity contribution is 5.78. The van der Waals surface area contributed by atoms with Crippen molar-refractivity contribution in [2.45, 2.75) is 0 Å². The normalized spacial score (nSPS) is 10.6. The number of halogens is 2. The highest BCUT2D eigenvalue weighted by atomic mass is 19.1. The Morgan fingerprint density at radius 2 is 1.81 bits per heavy atom. The quantitative estimate of drug-likeness (QED) is 0.698. The van der Waals surface area contributed by atoms with Gasteiger partial charge in [-0.1, -0.05) is 0 Å². The minimum Gasteiger partial charge on any atom is -0.503 e. The summed E-state index contributed by atoms with van der Waals surface area (Å²) >= 11 is 0. The van der Waals surface area contributed by atoms with Gasteiger partial charge in [0, 0.05) is 12.1 Å². The maximum Gasteiger partial charge on any atom is 0.290 e. The van der Waals surface area contributed by atoms with Crippen LogP contribution in [-0.2, 0) is 0 Å². The van der Waals surface area contributed by atoms with Crippen LogP contribution >= 0.6 is 0 Å². The molecule has 0 fully saturated rings. The zero-order chi connectivity index (χ0) is 11.9. The van der Waals surface area contributed by atoms with Gasteiger partial charge in [0.05, 0.1) is 10.9 Å². The van der Waals surface area contributed by atoms with E-state index in [1.165, 1.54) is 0 Å². The molecule has 16 heavy (non-hydrogen) atoms. The maximum absolute atomic E-state index is 13.3. The number of hydrogen-bond acceptors (Lipinski definition) is 3. The van der Waals surface area contributed by atoms with Crippen molar-refractivity contribution in [1.82, 2.24) is 4.98 Å². The van der Waals surface area contributed by atoms with Gasteiger partial charge >= 0.3 is 0 Å². The predicted molar refractivity (Wildman–Crippen MR) is 52.4 cm³/mol. The van der Waals surface area contributed by atoms with Crippen LogP contribution in [0.2, 0.25) is 0 Å². The number of fused-ring (bicyclic) bond motifs is 1. The Morgan fingerprint density at radius 3 is 2.50 bits per heavy atom. The molecule has 0 radical (unpaired) electrons. The molecule has 1 aromatic heterocycles. The molecule has 0 amide bonds. The highest BCUT2D eigenvalue weighted by Crippen LogP contribution is 2.13. The Balaban J connectivity index is 3.16. The van der Waals surface area contributed by atoms with Gasteiger partial charge in [-0.25, -0.2) is 8.78 Å². The first-order valence-corrected chi connectivity index (χ1v) is 4.24. The zero-order valence-electron chi connectivity index (χ0n) is 7.75. The van der Waals surface area contributed by atoms with Crippen molar-refractivity contribution in [1.29, 1.82) is 0 Å². The van der Waals surface area contributed by atoms with E-state index in [1.807, 2.05) is 4.98 Å². The number of aromatic amines is 1. The second kappa shape index (κ2) is 3.41. The molecule has 0 aliphatic heterocycles. The molecule has 0 saturated heterocycles. The molecule has 1 heterocycles. The van der Waals surface area contributed by atoms with Crippen LogP contribution in [0.3, 0.4) is 0 Å². The third kappa shape index (κ3) is 1.54. The van der Waals surface area contributed by atoms with Crippen molar-refractivity contribution in [3.8, 4) is 5.75 Å². The summed E-state index contributed by atoms with van der Waals surface area (Å²) in [4.78, 5) is 24.5. The molecule has 0 atom stereocenters. The monoisotopic (exact) mass is 225 g/mol. The summed E-state index contributed by atoms with van der Waals surface area (Å²) in [5, 5.41) is 8.60. The Hall–Kier alpha value is -2.24. The first-order valence-electron chi connectivity index (χ1n) is 4.24. The number of hydrogen-bond donors (Lipinski definition) is 2. The summed E-state index contributed by atoms with van der Waals surface area (Å²) in [7, 11) is 0. The molecule has 4 nitrogen and oxygen atoms in total. The van der Waals surface area contributed by atoms with E-state index in [2.05, 4.69) is 0 Å². The van der Waals surface area contributed by atoms with Gasteiger partial charge in [0.15, 0.2) is 11.2 Å². The van der Waals surface area contributed by atoms with Gasteiger partial charge in [-0.15, -0.1) is 0 Å². The fourth-order valence-electron chi connectivity index (χ4n) is 1.37. The van der Waals surface area contributed by atoms with Crippen molar-refractivity contribution >= 4 is 10.9 Å². The lowest BCUT2D eigenvalue weighted by Crippen LogP contribution is -2.00. The van der Waals surface area contributed by atoms with Gasteiger partial charge in [0.25, 0.3) is 5.56 Å². The molecule has 0 aliphatic rings. The fourth-order valence-corrected chi connectivity index (χ4v) is 1.37. The van der Waals surface area contributed by atoms with E-state index in [9.17, 15) is 18.4 Å². The molecule has 1 aromatic carbocycles. The first kappa shape index (κ1) is 10.3. The third-order valence-electron chi connectivity index (χ3n) is 2.05. The SMILES string of the molecule is O=c1[nH]c2cc(F)cc(F)c2c(=O)cc1O. The zero-order valence-corrected chi connectivity index (χ0v) is 7.75. The van der Waals surface area contributed by atoms with Crippen LogP contribution in [0.4, 0.5) is 8.78 Å². The molecule has 0 bridgehead atoms. The van der Waals surface area contributed by atoms with E-state index in [-0.39, 0.29) is 5.52 Å². The van der Waals surface area contributed by atoms with Gasteiger partial charge in [-0.05, 0) is 6.07 Å². The number of benzene rings is 1. The van der Waals surface area contributed by atoms with E-state index in [0.29, 0.717) is 12.1 Å².